The van der Waals surface area contributed by atoms with Crippen molar-refractivity contribution < 1.29 is 18.0 Å². The molecule has 1 aliphatic heterocycles. The van der Waals surface area contributed by atoms with E-state index in [2.05, 4.69) is 5.32 Å². The second-order valence-corrected chi connectivity index (χ2v) is 9.89. The number of fused-ring (bicyclic) bond motifs is 1. The number of carbonyl (C=O) groups is 2. The van der Waals surface area contributed by atoms with Gasteiger partial charge >= 0.3 is 0 Å². The summed E-state index contributed by atoms with van der Waals surface area (Å²) in [4.78, 5) is 26.9. The van der Waals surface area contributed by atoms with E-state index in [0.717, 1.165) is 10.1 Å². The monoisotopic (exact) mass is 414 g/mol. The summed E-state index contributed by atoms with van der Waals surface area (Å²) >= 11 is 7.66. The van der Waals surface area contributed by atoms with Gasteiger partial charge in [-0.15, -0.1) is 11.3 Å². The lowest BCUT2D eigenvalue weighted by molar-refractivity contribution is -0.122. The van der Waals surface area contributed by atoms with Crippen LogP contribution in [0.5, 0.6) is 0 Å². The van der Waals surface area contributed by atoms with Crippen LogP contribution in [-0.2, 0) is 14.6 Å². The van der Waals surface area contributed by atoms with Crippen molar-refractivity contribution in [3.8, 4) is 0 Å². The molecule has 26 heavy (non-hydrogen) atoms. The molecule has 1 N–H and O–H groups in total. The normalized spacial score (nSPS) is 18.8. The van der Waals surface area contributed by atoms with Gasteiger partial charge in [0.25, 0.3) is 5.91 Å². The van der Waals surface area contributed by atoms with Gasteiger partial charge in [0.2, 0.25) is 5.91 Å². The summed E-state index contributed by atoms with van der Waals surface area (Å²) in [5.74, 6) is -0.611. The molecule has 0 radical (unpaired) electrons. The zero-order chi connectivity index (χ0) is 18.9. The molecule has 2 amide bonds. The van der Waals surface area contributed by atoms with E-state index in [-0.39, 0.29) is 35.9 Å². The second-order valence-electron chi connectivity index (χ2n) is 6.23. The van der Waals surface area contributed by atoms with Gasteiger partial charge in [-0.3, -0.25) is 9.59 Å². The fraction of sp³-hybridized carbons (Fsp3) is 0.412. The molecule has 1 aromatic heterocycles. The van der Waals surface area contributed by atoms with Gasteiger partial charge in [-0.05, 0) is 19.4 Å². The Labute approximate surface area is 161 Å². The highest BCUT2D eigenvalue weighted by molar-refractivity contribution is 7.91. The van der Waals surface area contributed by atoms with Crippen molar-refractivity contribution in [2.75, 3.05) is 24.6 Å². The van der Waals surface area contributed by atoms with Crippen molar-refractivity contribution in [3.63, 3.8) is 0 Å². The molecular weight excluding hydrogens is 396 g/mol. The van der Waals surface area contributed by atoms with E-state index in [4.69, 9.17) is 11.6 Å². The molecule has 0 saturated carbocycles. The summed E-state index contributed by atoms with van der Waals surface area (Å²) in [5.41, 5.74) is 0. The predicted molar refractivity (Wildman–Crippen MR) is 104 cm³/mol. The molecule has 6 nitrogen and oxygen atoms in total. The molecule has 0 bridgehead atoms. The number of rotatable bonds is 5. The van der Waals surface area contributed by atoms with Crippen LogP contribution in [0, 0.1) is 0 Å². The fourth-order valence-electron chi connectivity index (χ4n) is 2.98. The second kappa shape index (κ2) is 7.54. The first-order valence-electron chi connectivity index (χ1n) is 8.27. The van der Waals surface area contributed by atoms with Gasteiger partial charge in [0, 0.05) is 22.7 Å². The minimum atomic E-state index is -3.07. The SMILES string of the molecule is CCN(CC(=O)N[C@@H]1CCS(=O)(=O)C1)C(=O)c1sc2ccccc2c1Cl. The number of carbonyl (C=O) groups excluding carboxylic acids is 2. The van der Waals surface area contributed by atoms with Crippen molar-refractivity contribution in [3.05, 3.63) is 34.2 Å². The Morgan fingerprint density at radius 2 is 2.08 bits per heavy atom. The summed E-state index contributed by atoms with van der Waals surface area (Å²) in [6, 6.07) is 7.11. The van der Waals surface area contributed by atoms with Crippen molar-refractivity contribution in [2.24, 2.45) is 0 Å². The minimum Gasteiger partial charge on any atom is -0.351 e. The van der Waals surface area contributed by atoms with E-state index in [9.17, 15) is 18.0 Å². The van der Waals surface area contributed by atoms with E-state index >= 15 is 0 Å². The summed E-state index contributed by atoms with van der Waals surface area (Å²) < 4.78 is 23.9. The number of amides is 2. The summed E-state index contributed by atoms with van der Waals surface area (Å²) in [7, 11) is -3.07. The van der Waals surface area contributed by atoms with E-state index in [0.29, 0.717) is 22.9 Å². The lowest BCUT2D eigenvalue weighted by atomic mass is 10.2. The van der Waals surface area contributed by atoms with Crippen molar-refractivity contribution in [1.82, 2.24) is 10.2 Å². The molecule has 0 aliphatic carbocycles. The Kier molecular flexibility index (Phi) is 5.55. The molecule has 2 aromatic rings. The molecule has 2 heterocycles. The van der Waals surface area contributed by atoms with Crippen LogP contribution in [0.3, 0.4) is 0 Å². The third kappa shape index (κ3) is 4.02. The number of halogens is 1. The van der Waals surface area contributed by atoms with Crippen LogP contribution in [0.1, 0.15) is 23.0 Å². The van der Waals surface area contributed by atoms with Crippen LogP contribution in [-0.4, -0.2) is 55.8 Å². The first-order chi connectivity index (χ1) is 12.3. The molecule has 9 heteroatoms. The van der Waals surface area contributed by atoms with Crippen molar-refractivity contribution in [1.29, 1.82) is 0 Å². The Hall–Kier alpha value is -1.64. The van der Waals surface area contributed by atoms with Crippen LogP contribution < -0.4 is 5.32 Å². The lowest BCUT2D eigenvalue weighted by Gasteiger charge is -2.21. The Bertz CT molecular complexity index is 955. The van der Waals surface area contributed by atoms with Crippen LogP contribution in [0.4, 0.5) is 0 Å². The van der Waals surface area contributed by atoms with Gasteiger partial charge in [-0.2, -0.15) is 0 Å². The Morgan fingerprint density at radius 1 is 1.35 bits per heavy atom. The summed E-state index contributed by atoms with van der Waals surface area (Å²) in [5, 5.41) is 3.92. The standard InChI is InChI=1S/C17H19ClN2O4S2/c1-2-20(9-14(21)19-11-7-8-26(23,24)10-11)17(22)16-15(18)12-5-3-4-6-13(12)25-16/h3-6,11H,2,7-10H2,1H3,(H,19,21)/t11-/m1/s1. The number of nitrogens with one attached hydrogen (secondary N) is 1. The summed E-state index contributed by atoms with van der Waals surface area (Å²) in [6.45, 7) is 2.00. The molecule has 1 saturated heterocycles. The quantitative estimate of drug-likeness (QED) is 0.813. The number of hydrogen-bond donors (Lipinski definition) is 1. The zero-order valence-electron chi connectivity index (χ0n) is 14.2. The minimum absolute atomic E-state index is 0.0407. The maximum atomic E-state index is 12.8. The number of benzene rings is 1. The average Bonchev–Trinajstić information content (AvgIpc) is 3.11. The van der Waals surface area contributed by atoms with E-state index in [1.807, 2.05) is 24.3 Å². The van der Waals surface area contributed by atoms with Gasteiger partial charge in [0.1, 0.15) is 4.88 Å². The maximum Gasteiger partial charge on any atom is 0.265 e. The average molecular weight is 415 g/mol. The highest BCUT2D eigenvalue weighted by Crippen LogP contribution is 2.35. The first-order valence-corrected chi connectivity index (χ1v) is 11.3. The lowest BCUT2D eigenvalue weighted by Crippen LogP contribution is -2.44. The highest BCUT2D eigenvalue weighted by Gasteiger charge is 2.30. The predicted octanol–water partition coefficient (Wildman–Crippen LogP) is 2.32. The molecular formula is C17H19ClN2O4S2. The zero-order valence-corrected chi connectivity index (χ0v) is 16.6. The number of sulfone groups is 1. The Morgan fingerprint density at radius 3 is 2.69 bits per heavy atom. The van der Waals surface area contributed by atoms with Crippen molar-refractivity contribution in [2.45, 2.75) is 19.4 Å². The Balaban J connectivity index is 1.70. The third-order valence-electron chi connectivity index (χ3n) is 4.33. The number of hydrogen-bond acceptors (Lipinski definition) is 5. The maximum absolute atomic E-state index is 12.8. The molecule has 1 aliphatic rings. The van der Waals surface area contributed by atoms with Gasteiger partial charge < -0.3 is 10.2 Å². The van der Waals surface area contributed by atoms with Crippen LogP contribution >= 0.6 is 22.9 Å². The van der Waals surface area contributed by atoms with Crippen molar-refractivity contribution >= 4 is 54.7 Å². The molecule has 0 unspecified atom stereocenters. The van der Waals surface area contributed by atoms with Crippen LogP contribution in [0.15, 0.2) is 24.3 Å². The largest absolute Gasteiger partial charge is 0.351 e. The number of thiophene rings is 1. The van der Waals surface area contributed by atoms with Gasteiger partial charge in [0.05, 0.1) is 23.1 Å². The first kappa shape index (κ1) is 19.1. The van der Waals surface area contributed by atoms with Gasteiger partial charge in [-0.25, -0.2) is 8.42 Å². The fourth-order valence-corrected chi connectivity index (χ4v) is 6.13. The summed E-state index contributed by atoms with van der Waals surface area (Å²) in [6.07, 6.45) is 0.413. The molecule has 1 fully saturated rings. The van der Waals surface area contributed by atoms with E-state index in [1.54, 1.807) is 6.92 Å². The van der Waals surface area contributed by atoms with Gasteiger partial charge in [0.15, 0.2) is 9.84 Å². The van der Waals surface area contributed by atoms with Crippen LogP contribution in [0.25, 0.3) is 10.1 Å². The molecule has 0 spiro atoms. The molecule has 3 rings (SSSR count). The topological polar surface area (TPSA) is 83.6 Å². The molecule has 1 atom stereocenters. The third-order valence-corrected chi connectivity index (χ3v) is 7.76. The van der Waals surface area contributed by atoms with Crippen LogP contribution in [0.2, 0.25) is 5.02 Å². The van der Waals surface area contributed by atoms with Gasteiger partial charge in [-0.1, -0.05) is 29.8 Å². The molecule has 140 valence electrons. The number of likely N-dealkylation sites (N-methyl/N-ethyl adjacent to an activating group) is 1. The molecule has 1 aromatic carbocycles. The highest BCUT2D eigenvalue weighted by atomic mass is 35.5. The smallest absolute Gasteiger partial charge is 0.265 e. The van der Waals surface area contributed by atoms with E-state index < -0.39 is 9.84 Å². The number of nitrogens with zero attached hydrogens (tertiary/aromatic N) is 1. The van der Waals surface area contributed by atoms with E-state index in [1.165, 1.54) is 16.2 Å².